The summed E-state index contributed by atoms with van der Waals surface area (Å²) in [5, 5.41) is 0. The van der Waals surface area contributed by atoms with Crippen LogP contribution in [0.1, 0.15) is 18.4 Å². The van der Waals surface area contributed by atoms with E-state index >= 15 is 0 Å². The maximum atomic E-state index is 12.8. The molecule has 7 heteroatoms. The number of rotatable bonds is 4. The average molecular weight is 360 g/mol. The predicted octanol–water partition coefficient (Wildman–Crippen LogP) is 1.13. The molecule has 0 aliphatic carbocycles. The molecule has 142 valence electrons. The number of primary amides is 1. The number of methoxy groups -OCH3 is 1. The van der Waals surface area contributed by atoms with Crippen molar-refractivity contribution in [2.75, 3.05) is 46.4 Å². The molecule has 26 heavy (non-hydrogen) atoms. The third kappa shape index (κ3) is 4.27. The number of hydrogen-bond donors (Lipinski definition) is 1. The van der Waals surface area contributed by atoms with Crippen molar-refractivity contribution >= 4 is 11.9 Å². The first-order valence-corrected chi connectivity index (χ1v) is 9.26. The zero-order valence-electron chi connectivity index (χ0n) is 15.4. The largest absolute Gasteiger partial charge is 0.496 e. The molecule has 2 aliphatic rings. The van der Waals surface area contributed by atoms with E-state index in [0.29, 0.717) is 13.1 Å². The topological polar surface area (TPSA) is 79.1 Å². The van der Waals surface area contributed by atoms with Crippen molar-refractivity contribution in [1.82, 2.24) is 14.7 Å². The molecule has 2 saturated heterocycles. The number of piperidine rings is 1. The van der Waals surface area contributed by atoms with E-state index in [1.54, 1.807) is 12.0 Å². The molecule has 7 nitrogen and oxygen atoms in total. The monoisotopic (exact) mass is 360 g/mol. The van der Waals surface area contributed by atoms with E-state index in [0.717, 1.165) is 51.3 Å². The Kier molecular flexibility index (Phi) is 5.98. The van der Waals surface area contributed by atoms with Crippen LogP contribution in [0.4, 0.5) is 4.79 Å². The number of benzene rings is 1. The molecule has 2 heterocycles. The summed E-state index contributed by atoms with van der Waals surface area (Å²) in [5.41, 5.74) is 6.53. The van der Waals surface area contributed by atoms with E-state index in [9.17, 15) is 9.59 Å². The van der Waals surface area contributed by atoms with Crippen LogP contribution in [0.25, 0.3) is 0 Å². The van der Waals surface area contributed by atoms with Crippen molar-refractivity contribution in [3.8, 4) is 5.75 Å². The molecule has 0 radical (unpaired) electrons. The number of hydrogen-bond acceptors (Lipinski definition) is 4. The van der Waals surface area contributed by atoms with Crippen molar-refractivity contribution in [2.24, 2.45) is 11.7 Å². The summed E-state index contributed by atoms with van der Waals surface area (Å²) in [6.07, 6.45) is 1.68. The Morgan fingerprint density at radius 1 is 1.12 bits per heavy atom. The summed E-state index contributed by atoms with van der Waals surface area (Å²) in [6.45, 7) is 5.07. The van der Waals surface area contributed by atoms with Crippen LogP contribution in [0, 0.1) is 5.92 Å². The first kappa shape index (κ1) is 18.5. The molecular formula is C19H28N4O3. The second kappa shape index (κ2) is 8.40. The Bertz CT molecular complexity index is 643. The number of nitrogens with zero attached hydrogens (tertiary/aromatic N) is 3. The van der Waals surface area contributed by atoms with Gasteiger partial charge in [-0.05, 0) is 18.9 Å². The van der Waals surface area contributed by atoms with E-state index < -0.39 is 6.03 Å². The van der Waals surface area contributed by atoms with Crippen LogP contribution in [-0.4, -0.2) is 73.0 Å². The first-order chi connectivity index (χ1) is 12.6. The van der Waals surface area contributed by atoms with Crippen molar-refractivity contribution in [3.05, 3.63) is 29.8 Å². The Morgan fingerprint density at radius 2 is 1.85 bits per heavy atom. The summed E-state index contributed by atoms with van der Waals surface area (Å²) in [4.78, 5) is 30.0. The van der Waals surface area contributed by atoms with Gasteiger partial charge in [0.2, 0.25) is 5.91 Å². The highest BCUT2D eigenvalue weighted by molar-refractivity contribution is 5.80. The van der Waals surface area contributed by atoms with Crippen LogP contribution in [-0.2, 0) is 11.3 Å². The van der Waals surface area contributed by atoms with Crippen molar-refractivity contribution in [1.29, 1.82) is 0 Å². The lowest BCUT2D eigenvalue weighted by molar-refractivity contribution is -0.138. The Labute approximate surface area is 154 Å². The molecule has 0 bridgehead atoms. The van der Waals surface area contributed by atoms with Gasteiger partial charge in [-0.1, -0.05) is 18.2 Å². The molecule has 2 fully saturated rings. The van der Waals surface area contributed by atoms with Crippen molar-refractivity contribution in [2.45, 2.75) is 19.4 Å². The second-order valence-electron chi connectivity index (χ2n) is 7.04. The highest BCUT2D eigenvalue weighted by Gasteiger charge is 2.32. The Balaban J connectivity index is 1.51. The molecule has 2 aliphatic heterocycles. The minimum atomic E-state index is -0.427. The van der Waals surface area contributed by atoms with Gasteiger partial charge >= 0.3 is 6.03 Å². The standard InChI is InChI=1S/C19H28N4O3/c1-26-17-7-3-2-5-15(17)13-21-9-11-22(12-10-21)18(24)16-6-4-8-23(14-16)19(20)25/h2-3,5,7,16H,4,6,8-14H2,1H3,(H2,20,25)/t16-/m1/s1. The molecule has 1 atom stereocenters. The molecule has 3 rings (SSSR count). The van der Waals surface area contributed by atoms with Gasteiger partial charge in [-0.15, -0.1) is 0 Å². The number of para-hydroxylation sites is 1. The minimum Gasteiger partial charge on any atom is -0.496 e. The van der Waals surface area contributed by atoms with Crippen molar-refractivity contribution in [3.63, 3.8) is 0 Å². The maximum absolute atomic E-state index is 12.8. The van der Waals surface area contributed by atoms with Crippen LogP contribution in [0.2, 0.25) is 0 Å². The molecule has 1 aromatic carbocycles. The van der Waals surface area contributed by atoms with Gasteiger partial charge in [0.05, 0.1) is 13.0 Å². The summed E-state index contributed by atoms with van der Waals surface area (Å²) in [7, 11) is 1.69. The molecule has 3 amide bonds. The van der Waals surface area contributed by atoms with E-state index in [-0.39, 0.29) is 11.8 Å². The molecule has 1 aromatic rings. The molecular weight excluding hydrogens is 332 g/mol. The molecule has 0 spiro atoms. The maximum Gasteiger partial charge on any atom is 0.314 e. The van der Waals surface area contributed by atoms with Gasteiger partial charge in [0, 0.05) is 51.4 Å². The SMILES string of the molecule is COc1ccccc1CN1CCN(C(=O)[C@@H]2CCCN(C(N)=O)C2)CC1. The van der Waals surface area contributed by atoms with Gasteiger partial charge in [0.15, 0.2) is 0 Å². The summed E-state index contributed by atoms with van der Waals surface area (Å²) in [6, 6.07) is 7.62. The molecule has 0 aromatic heterocycles. The van der Waals surface area contributed by atoms with Gasteiger partial charge in [0.1, 0.15) is 5.75 Å². The van der Waals surface area contributed by atoms with Crippen LogP contribution in [0.5, 0.6) is 5.75 Å². The van der Waals surface area contributed by atoms with Gasteiger partial charge < -0.3 is 20.3 Å². The number of likely N-dealkylation sites (tertiary alicyclic amines) is 1. The van der Waals surface area contributed by atoms with E-state index in [1.165, 1.54) is 5.56 Å². The quantitative estimate of drug-likeness (QED) is 0.873. The smallest absolute Gasteiger partial charge is 0.314 e. The Hall–Kier alpha value is -2.28. The number of carbonyl (C=O) groups excluding carboxylic acids is 2. The number of urea groups is 1. The zero-order chi connectivity index (χ0) is 18.5. The lowest BCUT2D eigenvalue weighted by atomic mass is 9.96. The lowest BCUT2D eigenvalue weighted by Crippen LogP contribution is -2.53. The van der Waals surface area contributed by atoms with E-state index in [4.69, 9.17) is 10.5 Å². The normalized spacial score (nSPS) is 21.5. The molecule has 2 N–H and O–H groups in total. The van der Waals surface area contributed by atoms with E-state index in [1.807, 2.05) is 23.1 Å². The second-order valence-corrected chi connectivity index (χ2v) is 7.04. The molecule has 0 unspecified atom stereocenters. The third-order valence-electron chi connectivity index (χ3n) is 5.35. The zero-order valence-corrected chi connectivity index (χ0v) is 15.4. The summed E-state index contributed by atoms with van der Waals surface area (Å²) >= 11 is 0. The first-order valence-electron chi connectivity index (χ1n) is 9.26. The number of piperazine rings is 1. The van der Waals surface area contributed by atoms with Gasteiger partial charge in [-0.25, -0.2) is 4.79 Å². The van der Waals surface area contributed by atoms with Crippen molar-refractivity contribution < 1.29 is 14.3 Å². The fourth-order valence-electron chi connectivity index (χ4n) is 3.84. The number of nitrogens with two attached hydrogens (primary N) is 1. The van der Waals surface area contributed by atoms with Crippen LogP contribution < -0.4 is 10.5 Å². The number of amides is 3. The third-order valence-corrected chi connectivity index (χ3v) is 5.35. The highest BCUT2D eigenvalue weighted by atomic mass is 16.5. The predicted molar refractivity (Wildman–Crippen MR) is 98.7 cm³/mol. The fraction of sp³-hybridized carbons (Fsp3) is 0.579. The van der Waals surface area contributed by atoms with Crippen LogP contribution >= 0.6 is 0 Å². The summed E-state index contributed by atoms with van der Waals surface area (Å²) < 4.78 is 5.42. The summed E-state index contributed by atoms with van der Waals surface area (Å²) in [5.74, 6) is 0.949. The molecule has 0 saturated carbocycles. The number of carbonyl (C=O) groups is 2. The highest BCUT2D eigenvalue weighted by Crippen LogP contribution is 2.22. The van der Waals surface area contributed by atoms with Gasteiger partial charge in [-0.2, -0.15) is 0 Å². The van der Waals surface area contributed by atoms with Gasteiger partial charge in [0.25, 0.3) is 0 Å². The minimum absolute atomic E-state index is 0.114. The van der Waals surface area contributed by atoms with Crippen LogP contribution in [0.15, 0.2) is 24.3 Å². The Morgan fingerprint density at radius 3 is 2.54 bits per heavy atom. The average Bonchev–Trinajstić information content (AvgIpc) is 2.68. The number of ether oxygens (including phenoxy) is 1. The van der Waals surface area contributed by atoms with E-state index in [2.05, 4.69) is 11.0 Å². The fourth-order valence-corrected chi connectivity index (χ4v) is 3.84. The lowest BCUT2D eigenvalue weighted by Gasteiger charge is -2.38. The van der Waals surface area contributed by atoms with Crippen LogP contribution in [0.3, 0.4) is 0 Å². The van der Waals surface area contributed by atoms with Gasteiger partial charge in [-0.3, -0.25) is 9.69 Å².